The molecule has 2 unspecified atom stereocenters. The molecule has 0 fully saturated rings. The molecule has 0 radical (unpaired) electrons. The Kier molecular flexibility index (Phi) is 9.91. The Hall–Kier alpha value is -9.91. The Balaban J connectivity index is 0.748. The molecule has 6 nitrogen and oxygen atoms in total. The summed E-state index contributed by atoms with van der Waals surface area (Å²) in [4.78, 5) is 25.0. The van der Waals surface area contributed by atoms with Gasteiger partial charge in [0.25, 0.3) is 0 Å². The molecule has 0 saturated carbocycles. The van der Waals surface area contributed by atoms with Gasteiger partial charge in [-0.3, -0.25) is 4.98 Å². The van der Waals surface area contributed by atoms with Gasteiger partial charge >= 0.3 is 0 Å². The molecular formula is C69H44N6. The van der Waals surface area contributed by atoms with Gasteiger partial charge < -0.3 is 4.57 Å². The molecule has 350 valence electrons. The largest absolute Gasteiger partial charge is 0.309 e. The van der Waals surface area contributed by atoms with E-state index in [1.807, 2.05) is 48.8 Å². The minimum atomic E-state index is 0.120. The molecular weight excluding hydrogens is 913 g/mol. The number of hydrogen-bond donors (Lipinski definition) is 0. The first-order valence-electron chi connectivity index (χ1n) is 25.5. The lowest BCUT2D eigenvalue weighted by atomic mass is 9.60. The van der Waals surface area contributed by atoms with Crippen molar-refractivity contribution in [1.82, 2.24) is 29.5 Å². The lowest BCUT2D eigenvalue weighted by Crippen LogP contribution is -2.27. The summed E-state index contributed by atoms with van der Waals surface area (Å²) >= 11 is 0. The van der Waals surface area contributed by atoms with Gasteiger partial charge in [0, 0.05) is 56.1 Å². The number of benzene rings is 10. The van der Waals surface area contributed by atoms with Gasteiger partial charge in [0.05, 0.1) is 34.8 Å². The number of fused-ring (bicyclic) bond motifs is 3. The molecule has 13 aromatic rings. The van der Waals surface area contributed by atoms with Gasteiger partial charge in [0.1, 0.15) is 0 Å². The fourth-order valence-electron chi connectivity index (χ4n) is 11.8. The third-order valence-electron chi connectivity index (χ3n) is 15.3. The van der Waals surface area contributed by atoms with Crippen LogP contribution in [-0.4, -0.2) is 29.5 Å². The molecule has 75 heavy (non-hydrogen) atoms. The Morgan fingerprint density at radius 1 is 0.267 bits per heavy atom. The summed E-state index contributed by atoms with van der Waals surface area (Å²) in [5, 5.41) is 2.45. The third kappa shape index (κ3) is 7.21. The van der Waals surface area contributed by atoms with Gasteiger partial charge in [-0.05, 0) is 98.1 Å². The molecule has 3 aliphatic carbocycles. The Labute approximate surface area is 434 Å². The average Bonchev–Trinajstić information content (AvgIpc) is 3.84. The van der Waals surface area contributed by atoms with E-state index in [9.17, 15) is 0 Å². The van der Waals surface area contributed by atoms with Crippen LogP contribution in [0.3, 0.4) is 0 Å². The van der Waals surface area contributed by atoms with Crippen LogP contribution in [0.15, 0.2) is 255 Å². The highest BCUT2D eigenvalue weighted by Gasteiger charge is 2.41. The summed E-state index contributed by atoms with van der Waals surface area (Å²) in [6.07, 6.45) is 3.72. The van der Waals surface area contributed by atoms with Gasteiger partial charge in [-0.15, -0.1) is 0 Å². The first-order chi connectivity index (χ1) is 37.2. The highest BCUT2D eigenvalue weighted by molar-refractivity contribution is 6.10. The van der Waals surface area contributed by atoms with Crippen LogP contribution in [0, 0.1) is 0 Å². The summed E-state index contributed by atoms with van der Waals surface area (Å²) in [6.45, 7) is 0. The number of aromatic nitrogens is 6. The summed E-state index contributed by atoms with van der Waals surface area (Å²) in [5.74, 6) is 2.13. The summed E-state index contributed by atoms with van der Waals surface area (Å²) in [5.41, 5.74) is 23.0. The smallest absolute Gasteiger partial charge is 0.164 e. The van der Waals surface area contributed by atoms with Gasteiger partial charge in [0.15, 0.2) is 17.5 Å². The Morgan fingerprint density at radius 3 is 1.29 bits per heavy atom. The van der Waals surface area contributed by atoms with Crippen LogP contribution in [-0.2, 0) is 0 Å². The van der Waals surface area contributed by atoms with Crippen LogP contribution in [0.25, 0.3) is 106 Å². The van der Waals surface area contributed by atoms with Crippen molar-refractivity contribution in [3.63, 3.8) is 0 Å². The normalized spacial score (nSPS) is 14.1. The predicted octanol–water partition coefficient (Wildman–Crippen LogP) is 16.4. The molecule has 0 aliphatic heterocycles. The van der Waals surface area contributed by atoms with Crippen LogP contribution in [0.5, 0.6) is 0 Å². The highest BCUT2D eigenvalue weighted by Crippen LogP contribution is 2.56. The fraction of sp³-hybridized carbons (Fsp3) is 0.0290. The van der Waals surface area contributed by atoms with E-state index in [4.69, 9.17) is 19.9 Å². The molecule has 10 aromatic carbocycles. The zero-order valence-electron chi connectivity index (χ0n) is 40.6. The lowest BCUT2D eigenvalue weighted by molar-refractivity contribution is 0.755. The monoisotopic (exact) mass is 956 g/mol. The van der Waals surface area contributed by atoms with Crippen molar-refractivity contribution in [2.75, 3.05) is 0 Å². The van der Waals surface area contributed by atoms with Crippen LogP contribution in [0.2, 0.25) is 0 Å². The van der Waals surface area contributed by atoms with E-state index < -0.39 is 0 Å². The van der Waals surface area contributed by atoms with Crippen LogP contribution >= 0.6 is 0 Å². The van der Waals surface area contributed by atoms with E-state index in [-0.39, 0.29) is 11.8 Å². The highest BCUT2D eigenvalue weighted by atomic mass is 15.0. The van der Waals surface area contributed by atoms with E-state index in [0.717, 1.165) is 61.6 Å². The molecule has 3 aliphatic rings. The van der Waals surface area contributed by atoms with E-state index in [1.54, 1.807) is 0 Å². The van der Waals surface area contributed by atoms with Crippen LogP contribution in [0.4, 0.5) is 0 Å². The Morgan fingerprint density at radius 2 is 0.680 bits per heavy atom. The SMILES string of the molecule is c1ccc(-c2cncc(-c3ccc4c(c3)C3c5ccccc5C4c4cc(-c5ccc(-c6nc(-c7ccccc7)nc(-c7ccc(-c8ccc9c(c8)c8ccccc8n9-c8ccccc8)cc7)n6)cc5)ccc43)n2)cc1. The third-order valence-corrected chi connectivity index (χ3v) is 15.3. The molecule has 3 aromatic heterocycles. The standard InChI is InChI=1S/C69H44N6/c1-4-14-45(15-5-1)61-41-70-42-62(71-61)51-33-36-57-60(40-51)66-55-22-11-10-21-54(55)65(57)59-39-49(32-35-56(59)66)43-24-28-47(29-25-43)68-72-67(46-16-6-2-7-17-46)73-69(74-68)48-30-26-44(27-31-48)50-34-37-64-58(38-50)53-20-12-13-23-63(53)75(64)52-18-8-3-9-19-52/h1-42,65-66H. The van der Waals surface area contributed by atoms with Gasteiger partial charge in [-0.25, -0.2) is 19.9 Å². The van der Waals surface area contributed by atoms with E-state index in [2.05, 4.69) is 216 Å². The van der Waals surface area contributed by atoms with Crippen LogP contribution < -0.4 is 0 Å². The molecule has 3 heterocycles. The number of hydrogen-bond acceptors (Lipinski definition) is 5. The van der Waals surface area contributed by atoms with Crippen molar-refractivity contribution in [2.24, 2.45) is 0 Å². The molecule has 2 atom stereocenters. The van der Waals surface area contributed by atoms with Crippen molar-refractivity contribution in [3.05, 3.63) is 288 Å². The molecule has 0 N–H and O–H groups in total. The molecule has 0 amide bonds. The van der Waals surface area contributed by atoms with E-state index in [1.165, 1.54) is 60.8 Å². The Bertz CT molecular complexity index is 4340. The average molecular weight is 957 g/mol. The minimum absolute atomic E-state index is 0.120. The fourth-order valence-corrected chi connectivity index (χ4v) is 11.8. The molecule has 2 bridgehead atoms. The minimum Gasteiger partial charge on any atom is -0.309 e. The van der Waals surface area contributed by atoms with Gasteiger partial charge in [-0.1, -0.05) is 200 Å². The number of para-hydroxylation sites is 2. The zero-order chi connectivity index (χ0) is 49.4. The first-order valence-corrected chi connectivity index (χ1v) is 25.5. The van der Waals surface area contributed by atoms with Crippen LogP contribution in [0.1, 0.15) is 45.2 Å². The zero-order valence-corrected chi connectivity index (χ0v) is 40.6. The van der Waals surface area contributed by atoms with Crippen molar-refractivity contribution in [2.45, 2.75) is 11.8 Å². The quantitative estimate of drug-likeness (QED) is 0.152. The van der Waals surface area contributed by atoms with E-state index in [0.29, 0.717) is 17.5 Å². The van der Waals surface area contributed by atoms with Crippen molar-refractivity contribution < 1.29 is 0 Å². The summed E-state index contributed by atoms with van der Waals surface area (Å²) in [6, 6.07) is 86.7. The predicted molar refractivity (Wildman–Crippen MR) is 303 cm³/mol. The summed E-state index contributed by atoms with van der Waals surface area (Å²) in [7, 11) is 0. The number of rotatable bonds is 8. The van der Waals surface area contributed by atoms with Gasteiger partial charge in [-0.2, -0.15) is 0 Å². The number of nitrogens with zero attached hydrogens (tertiary/aromatic N) is 6. The second kappa shape index (κ2) is 17.4. The lowest BCUT2D eigenvalue weighted by Gasteiger charge is -2.42. The first kappa shape index (κ1) is 42.7. The van der Waals surface area contributed by atoms with Crippen molar-refractivity contribution in [1.29, 1.82) is 0 Å². The second-order valence-corrected chi connectivity index (χ2v) is 19.6. The second-order valence-electron chi connectivity index (χ2n) is 19.6. The molecule has 0 saturated heterocycles. The maximum absolute atomic E-state index is 5.15. The maximum atomic E-state index is 5.15. The van der Waals surface area contributed by atoms with Crippen molar-refractivity contribution in [3.8, 4) is 84.6 Å². The molecule has 0 spiro atoms. The van der Waals surface area contributed by atoms with Crippen molar-refractivity contribution >= 4 is 21.8 Å². The van der Waals surface area contributed by atoms with Gasteiger partial charge in [0.2, 0.25) is 0 Å². The molecule has 6 heteroatoms. The molecule has 16 rings (SSSR count). The van der Waals surface area contributed by atoms with E-state index >= 15 is 0 Å². The topological polar surface area (TPSA) is 69.4 Å². The maximum Gasteiger partial charge on any atom is 0.164 e. The summed E-state index contributed by atoms with van der Waals surface area (Å²) < 4.78 is 2.35.